The minimum Gasteiger partial charge on any atom is -0.328 e. The largest absolute Gasteiger partial charge is 0.328 e. The summed E-state index contributed by atoms with van der Waals surface area (Å²) in [4.78, 5) is 18.8. The molecule has 1 amide bonds. The molecule has 0 fully saturated rings. The fourth-order valence-corrected chi connectivity index (χ4v) is 2.64. The van der Waals surface area contributed by atoms with Gasteiger partial charge in [0.2, 0.25) is 0 Å². The summed E-state index contributed by atoms with van der Waals surface area (Å²) in [6.45, 7) is 7.78. The highest BCUT2D eigenvalue weighted by Crippen LogP contribution is 2.25. The van der Waals surface area contributed by atoms with Gasteiger partial charge in [0.25, 0.3) is 5.91 Å². The monoisotopic (exact) mass is 280 g/mol. The van der Waals surface area contributed by atoms with Crippen LogP contribution in [-0.2, 0) is 18.5 Å². The van der Waals surface area contributed by atoms with E-state index in [2.05, 4.69) is 37.9 Å². The SMILES string of the molecule is CC(C)(C)c1ccc(C(=O)N2Cc3cccnc3C2)cc1. The van der Waals surface area contributed by atoms with Crippen LogP contribution in [0.1, 0.15) is 48.0 Å². The topological polar surface area (TPSA) is 33.2 Å². The van der Waals surface area contributed by atoms with Gasteiger partial charge in [-0.05, 0) is 34.7 Å². The summed E-state index contributed by atoms with van der Waals surface area (Å²) in [7, 11) is 0. The second-order valence-electron chi connectivity index (χ2n) is 6.60. The van der Waals surface area contributed by atoms with E-state index >= 15 is 0 Å². The summed E-state index contributed by atoms with van der Waals surface area (Å²) in [5.74, 6) is 0.0773. The van der Waals surface area contributed by atoms with Crippen molar-refractivity contribution in [2.24, 2.45) is 0 Å². The number of pyridine rings is 1. The molecule has 0 unspecified atom stereocenters. The van der Waals surface area contributed by atoms with Gasteiger partial charge in [0.05, 0.1) is 12.2 Å². The van der Waals surface area contributed by atoms with Crippen LogP contribution in [0.5, 0.6) is 0 Å². The molecule has 0 spiro atoms. The lowest BCUT2D eigenvalue weighted by Crippen LogP contribution is -2.25. The quantitative estimate of drug-likeness (QED) is 0.800. The van der Waals surface area contributed by atoms with Gasteiger partial charge in [-0.15, -0.1) is 0 Å². The Bertz CT molecular complexity index is 643. The highest BCUT2D eigenvalue weighted by molar-refractivity contribution is 5.94. The Morgan fingerprint density at radius 1 is 1.10 bits per heavy atom. The lowest BCUT2D eigenvalue weighted by Gasteiger charge is -2.20. The van der Waals surface area contributed by atoms with Gasteiger partial charge in [-0.1, -0.05) is 39.0 Å². The van der Waals surface area contributed by atoms with Crippen molar-refractivity contribution in [3.63, 3.8) is 0 Å². The van der Waals surface area contributed by atoms with Gasteiger partial charge >= 0.3 is 0 Å². The van der Waals surface area contributed by atoms with Crippen LogP contribution < -0.4 is 0 Å². The second-order valence-corrected chi connectivity index (χ2v) is 6.60. The zero-order valence-electron chi connectivity index (χ0n) is 12.8. The molecule has 1 aliphatic rings. The predicted molar refractivity (Wildman–Crippen MR) is 83.0 cm³/mol. The van der Waals surface area contributed by atoms with E-state index in [1.807, 2.05) is 29.2 Å². The minimum absolute atomic E-state index is 0.0773. The lowest BCUT2D eigenvalue weighted by atomic mass is 9.86. The van der Waals surface area contributed by atoms with Crippen molar-refractivity contribution in [1.82, 2.24) is 9.88 Å². The summed E-state index contributed by atoms with van der Waals surface area (Å²) >= 11 is 0. The van der Waals surface area contributed by atoms with Gasteiger partial charge in [0, 0.05) is 18.3 Å². The Kier molecular flexibility index (Phi) is 3.28. The smallest absolute Gasteiger partial charge is 0.254 e. The number of aromatic nitrogens is 1. The number of amides is 1. The normalized spacial score (nSPS) is 14.1. The van der Waals surface area contributed by atoms with E-state index in [1.54, 1.807) is 6.20 Å². The number of hydrogen-bond acceptors (Lipinski definition) is 2. The Labute approximate surface area is 125 Å². The summed E-state index contributed by atoms with van der Waals surface area (Å²) in [5, 5.41) is 0. The zero-order chi connectivity index (χ0) is 15.0. The molecular weight excluding hydrogens is 260 g/mol. The van der Waals surface area contributed by atoms with Crippen molar-refractivity contribution >= 4 is 5.91 Å². The third-order valence-corrected chi connectivity index (χ3v) is 3.97. The van der Waals surface area contributed by atoms with Gasteiger partial charge in [-0.2, -0.15) is 0 Å². The first kappa shape index (κ1) is 13.8. The molecule has 1 aliphatic heterocycles. The molecule has 0 N–H and O–H groups in total. The summed E-state index contributed by atoms with van der Waals surface area (Å²) < 4.78 is 0. The van der Waals surface area contributed by atoms with Crippen LogP contribution in [0.2, 0.25) is 0 Å². The van der Waals surface area contributed by atoms with Gasteiger partial charge in [0.15, 0.2) is 0 Å². The molecule has 0 bridgehead atoms. The van der Waals surface area contributed by atoms with E-state index in [-0.39, 0.29) is 11.3 Å². The maximum atomic E-state index is 12.6. The lowest BCUT2D eigenvalue weighted by molar-refractivity contribution is 0.0750. The van der Waals surface area contributed by atoms with Crippen molar-refractivity contribution in [2.75, 3.05) is 0 Å². The Balaban J connectivity index is 1.78. The summed E-state index contributed by atoms with van der Waals surface area (Å²) in [5.41, 5.74) is 4.26. The van der Waals surface area contributed by atoms with Crippen molar-refractivity contribution < 1.29 is 4.79 Å². The molecule has 3 nitrogen and oxygen atoms in total. The maximum absolute atomic E-state index is 12.6. The van der Waals surface area contributed by atoms with E-state index in [0.717, 1.165) is 16.8 Å². The van der Waals surface area contributed by atoms with Crippen molar-refractivity contribution in [3.8, 4) is 0 Å². The second kappa shape index (κ2) is 4.99. The first-order chi connectivity index (χ1) is 9.95. The molecule has 3 rings (SSSR count). The molecule has 2 aromatic rings. The van der Waals surface area contributed by atoms with Crippen molar-refractivity contribution in [3.05, 3.63) is 65.0 Å². The van der Waals surface area contributed by atoms with Gasteiger partial charge in [-0.3, -0.25) is 9.78 Å². The van der Waals surface area contributed by atoms with Crippen LogP contribution in [0.3, 0.4) is 0 Å². The van der Waals surface area contributed by atoms with E-state index in [9.17, 15) is 4.79 Å². The van der Waals surface area contributed by atoms with Gasteiger partial charge in [0.1, 0.15) is 0 Å². The average molecular weight is 280 g/mol. The fraction of sp³-hybridized carbons (Fsp3) is 0.333. The molecule has 2 heterocycles. The first-order valence-electron chi connectivity index (χ1n) is 7.28. The molecule has 0 saturated carbocycles. The zero-order valence-corrected chi connectivity index (χ0v) is 12.8. The molecule has 0 saturated heterocycles. The number of benzene rings is 1. The summed E-state index contributed by atoms with van der Waals surface area (Å²) in [6.07, 6.45) is 1.78. The number of nitrogens with zero attached hydrogens (tertiary/aromatic N) is 2. The van der Waals surface area contributed by atoms with Crippen LogP contribution in [0.15, 0.2) is 42.6 Å². The van der Waals surface area contributed by atoms with Crippen LogP contribution in [0.25, 0.3) is 0 Å². The third kappa shape index (κ3) is 2.68. The fourth-order valence-electron chi connectivity index (χ4n) is 2.64. The summed E-state index contributed by atoms with van der Waals surface area (Å²) in [6, 6.07) is 11.9. The molecular formula is C18H20N2O. The predicted octanol–water partition coefficient (Wildman–Crippen LogP) is 3.54. The van der Waals surface area contributed by atoms with Crippen molar-refractivity contribution in [1.29, 1.82) is 0 Å². The van der Waals surface area contributed by atoms with Crippen LogP contribution in [0, 0.1) is 0 Å². The molecule has 0 aliphatic carbocycles. The molecule has 0 atom stereocenters. The molecule has 108 valence electrons. The third-order valence-electron chi connectivity index (χ3n) is 3.97. The number of carbonyl (C=O) groups is 1. The molecule has 3 heteroatoms. The Morgan fingerprint density at radius 3 is 2.43 bits per heavy atom. The van der Waals surface area contributed by atoms with E-state index < -0.39 is 0 Å². The standard InChI is InChI=1S/C18H20N2O/c1-18(2,3)15-8-6-13(7-9-15)17(21)20-11-14-5-4-10-19-16(14)12-20/h4-10H,11-12H2,1-3H3. The molecule has 1 aromatic heterocycles. The molecule has 21 heavy (non-hydrogen) atoms. The van der Waals surface area contributed by atoms with Gasteiger partial charge < -0.3 is 4.90 Å². The molecule has 1 aromatic carbocycles. The highest BCUT2D eigenvalue weighted by atomic mass is 16.2. The number of carbonyl (C=O) groups excluding carboxylic acids is 1. The maximum Gasteiger partial charge on any atom is 0.254 e. The number of fused-ring (bicyclic) bond motifs is 1. The van der Waals surface area contributed by atoms with E-state index in [1.165, 1.54) is 5.56 Å². The Hall–Kier alpha value is -2.16. The van der Waals surface area contributed by atoms with E-state index in [4.69, 9.17) is 0 Å². The van der Waals surface area contributed by atoms with Crippen LogP contribution in [-0.4, -0.2) is 15.8 Å². The van der Waals surface area contributed by atoms with E-state index in [0.29, 0.717) is 13.1 Å². The van der Waals surface area contributed by atoms with Crippen molar-refractivity contribution in [2.45, 2.75) is 39.3 Å². The first-order valence-corrected chi connectivity index (χ1v) is 7.28. The van der Waals surface area contributed by atoms with Gasteiger partial charge in [-0.25, -0.2) is 0 Å². The highest BCUT2D eigenvalue weighted by Gasteiger charge is 2.25. The number of rotatable bonds is 1. The minimum atomic E-state index is 0.0773. The number of hydrogen-bond donors (Lipinski definition) is 0. The Morgan fingerprint density at radius 2 is 1.81 bits per heavy atom. The van der Waals surface area contributed by atoms with Crippen LogP contribution >= 0.6 is 0 Å². The molecule has 0 radical (unpaired) electrons. The average Bonchev–Trinajstić information content (AvgIpc) is 2.89. The van der Waals surface area contributed by atoms with Crippen LogP contribution in [0.4, 0.5) is 0 Å².